The molecule has 0 aliphatic carbocycles. The number of nitrogens with two attached hydrogens (primary N) is 1. The fourth-order valence-electron chi connectivity index (χ4n) is 1.83. The molecule has 2 aromatic rings. The van der Waals surface area contributed by atoms with E-state index in [1.54, 1.807) is 0 Å². The van der Waals surface area contributed by atoms with E-state index >= 15 is 0 Å². The Morgan fingerprint density at radius 2 is 1.84 bits per heavy atom. The molecule has 0 aliphatic rings. The Balaban J connectivity index is 2.17. The summed E-state index contributed by atoms with van der Waals surface area (Å²) in [5, 5.41) is 0.672. The Morgan fingerprint density at radius 1 is 1.16 bits per heavy atom. The summed E-state index contributed by atoms with van der Waals surface area (Å²) in [7, 11) is 0. The zero-order valence-corrected chi connectivity index (χ0v) is 11.9. The summed E-state index contributed by atoms with van der Waals surface area (Å²) in [6, 6.07) is 13.6. The highest BCUT2D eigenvalue weighted by atomic mass is 35.5. The fraction of sp³-hybridized carbons (Fsp3) is 0.250. The number of hydrogen-bond donors (Lipinski definition) is 1. The Labute approximate surface area is 119 Å². The molecule has 0 radical (unpaired) electrons. The smallest absolute Gasteiger partial charge is 0.131 e. The highest BCUT2D eigenvalue weighted by Gasteiger charge is 2.05. The minimum absolute atomic E-state index is 0.0851. The van der Waals surface area contributed by atoms with Crippen molar-refractivity contribution in [3.05, 3.63) is 58.6 Å². The lowest BCUT2D eigenvalue weighted by Crippen LogP contribution is -2.08. The van der Waals surface area contributed by atoms with Crippen molar-refractivity contribution in [1.29, 1.82) is 0 Å². The predicted octanol–water partition coefficient (Wildman–Crippen LogP) is 4.85. The van der Waals surface area contributed by atoms with Gasteiger partial charge in [0.2, 0.25) is 0 Å². The van der Waals surface area contributed by atoms with Gasteiger partial charge in [0.1, 0.15) is 11.5 Å². The molecule has 1 atom stereocenters. The molecular formula is C16H18ClNO. The standard InChI is InChI=1S/C16H18ClNO/c1-3-15(18)12-5-8-14(9-6-12)19-16-10-13(17)7-4-11(16)2/h4-10,15H,3,18H2,1-2H3/t15-/m0/s1. The molecule has 19 heavy (non-hydrogen) atoms. The lowest BCUT2D eigenvalue weighted by molar-refractivity contribution is 0.478. The van der Waals surface area contributed by atoms with Crippen LogP contribution in [0.3, 0.4) is 0 Å². The topological polar surface area (TPSA) is 35.2 Å². The third-order valence-electron chi connectivity index (χ3n) is 3.13. The molecule has 0 aromatic heterocycles. The van der Waals surface area contributed by atoms with Crippen molar-refractivity contribution < 1.29 is 4.74 Å². The highest BCUT2D eigenvalue weighted by Crippen LogP contribution is 2.28. The van der Waals surface area contributed by atoms with Gasteiger partial charge < -0.3 is 10.5 Å². The minimum atomic E-state index is 0.0851. The monoisotopic (exact) mass is 275 g/mol. The molecule has 0 bridgehead atoms. The van der Waals surface area contributed by atoms with Crippen LogP contribution in [0.15, 0.2) is 42.5 Å². The Morgan fingerprint density at radius 3 is 2.47 bits per heavy atom. The van der Waals surface area contributed by atoms with Gasteiger partial charge in [-0.3, -0.25) is 0 Å². The van der Waals surface area contributed by atoms with E-state index in [9.17, 15) is 0 Å². The summed E-state index contributed by atoms with van der Waals surface area (Å²) in [6.07, 6.45) is 0.924. The number of halogens is 1. The second-order valence-electron chi connectivity index (χ2n) is 4.60. The number of hydrogen-bond acceptors (Lipinski definition) is 2. The van der Waals surface area contributed by atoms with E-state index in [0.29, 0.717) is 5.02 Å². The van der Waals surface area contributed by atoms with Crippen LogP contribution in [0.2, 0.25) is 5.02 Å². The maximum Gasteiger partial charge on any atom is 0.131 e. The van der Waals surface area contributed by atoms with Gasteiger partial charge in [-0.05, 0) is 48.7 Å². The summed E-state index contributed by atoms with van der Waals surface area (Å²) < 4.78 is 5.83. The molecule has 0 unspecified atom stereocenters. The molecule has 2 rings (SSSR count). The second kappa shape index (κ2) is 6.09. The highest BCUT2D eigenvalue weighted by molar-refractivity contribution is 6.30. The molecular weight excluding hydrogens is 258 g/mol. The largest absolute Gasteiger partial charge is 0.457 e. The molecule has 0 saturated heterocycles. The lowest BCUT2D eigenvalue weighted by atomic mass is 10.1. The van der Waals surface area contributed by atoms with Crippen molar-refractivity contribution in [3.8, 4) is 11.5 Å². The van der Waals surface area contributed by atoms with Crippen LogP contribution in [0.4, 0.5) is 0 Å². The SMILES string of the molecule is CC[C@H](N)c1ccc(Oc2cc(Cl)ccc2C)cc1. The second-order valence-corrected chi connectivity index (χ2v) is 5.03. The maximum absolute atomic E-state index is 5.98. The van der Waals surface area contributed by atoms with Gasteiger partial charge in [-0.1, -0.05) is 36.7 Å². The first-order valence-electron chi connectivity index (χ1n) is 6.39. The van der Waals surface area contributed by atoms with Crippen LogP contribution >= 0.6 is 11.6 Å². The van der Waals surface area contributed by atoms with Gasteiger partial charge in [-0.2, -0.15) is 0 Å². The average molecular weight is 276 g/mol. The molecule has 2 aromatic carbocycles. The van der Waals surface area contributed by atoms with E-state index in [1.807, 2.05) is 49.4 Å². The number of benzene rings is 2. The number of rotatable bonds is 4. The van der Waals surface area contributed by atoms with E-state index in [4.69, 9.17) is 22.1 Å². The normalized spacial score (nSPS) is 12.2. The van der Waals surface area contributed by atoms with Crippen molar-refractivity contribution in [2.75, 3.05) is 0 Å². The lowest BCUT2D eigenvalue weighted by Gasteiger charge is -2.12. The van der Waals surface area contributed by atoms with Crippen LogP contribution in [-0.2, 0) is 0 Å². The summed E-state index contributed by atoms with van der Waals surface area (Å²) in [5.41, 5.74) is 8.16. The summed E-state index contributed by atoms with van der Waals surface area (Å²) >= 11 is 5.97. The molecule has 0 aliphatic heterocycles. The maximum atomic E-state index is 5.98. The Kier molecular flexibility index (Phi) is 4.46. The van der Waals surface area contributed by atoms with Gasteiger partial charge in [0.05, 0.1) is 0 Å². The van der Waals surface area contributed by atoms with Crippen molar-refractivity contribution in [3.63, 3.8) is 0 Å². The first-order valence-corrected chi connectivity index (χ1v) is 6.77. The molecule has 0 amide bonds. The van der Waals surface area contributed by atoms with Crippen LogP contribution in [0.25, 0.3) is 0 Å². The van der Waals surface area contributed by atoms with E-state index < -0.39 is 0 Å². The minimum Gasteiger partial charge on any atom is -0.457 e. The van der Waals surface area contributed by atoms with Gasteiger partial charge >= 0.3 is 0 Å². The van der Waals surface area contributed by atoms with Crippen LogP contribution in [0.5, 0.6) is 11.5 Å². The van der Waals surface area contributed by atoms with Crippen molar-refractivity contribution in [2.24, 2.45) is 5.73 Å². The average Bonchev–Trinajstić information content (AvgIpc) is 2.43. The van der Waals surface area contributed by atoms with Crippen molar-refractivity contribution in [1.82, 2.24) is 0 Å². The number of ether oxygens (including phenoxy) is 1. The number of aryl methyl sites for hydroxylation is 1. The van der Waals surface area contributed by atoms with E-state index in [2.05, 4.69) is 6.92 Å². The van der Waals surface area contributed by atoms with Crippen LogP contribution < -0.4 is 10.5 Å². The van der Waals surface area contributed by atoms with Crippen LogP contribution in [-0.4, -0.2) is 0 Å². The molecule has 0 spiro atoms. The Hall–Kier alpha value is -1.51. The van der Waals surface area contributed by atoms with E-state index in [1.165, 1.54) is 0 Å². The molecule has 0 saturated carbocycles. The predicted molar refractivity (Wildman–Crippen MR) is 79.9 cm³/mol. The molecule has 0 heterocycles. The van der Waals surface area contributed by atoms with Gasteiger partial charge in [0, 0.05) is 11.1 Å². The van der Waals surface area contributed by atoms with Gasteiger partial charge in [0.15, 0.2) is 0 Å². The van der Waals surface area contributed by atoms with E-state index in [-0.39, 0.29) is 6.04 Å². The van der Waals surface area contributed by atoms with Gasteiger partial charge in [-0.15, -0.1) is 0 Å². The molecule has 3 heteroatoms. The Bertz CT molecular complexity index is 551. The third kappa shape index (κ3) is 3.49. The quantitative estimate of drug-likeness (QED) is 0.866. The fourth-order valence-corrected chi connectivity index (χ4v) is 1.99. The molecule has 2 nitrogen and oxygen atoms in total. The van der Waals surface area contributed by atoms with Gasteiger partial charge in [0.25, 0.3) is 0 Å². The zero-order chi connectivity index (χ0) is 13.8. The summed E-state index contributed by atoms with van der Waals surface area (Å²) in [5.74, 6) is 1.57. The third-order valence-corrected chi connectivity index (χ3v) is 3.36. The first kappa shape index (κ1) is 13.9. The molecule has 0 fully saturated rings. The summed E-state index contributed by atoms with van der Waals surface area (Å²) in [4.78, 5) is 0. The van der Waals surface area contributed by atoms with Crippen molar-refractivity contribution in [2.45, 2.75) is 26.3 Å². The zero-order valence-electron chi connectivity index (χ0n) is 11.2. The van der Waals surface area contributed by atoms with Crippen LogP contribution in [0.1, 0.15) is 30.5 Å². The summed E-state index contributed by atoms with van der Waals surface area (Å²) in [6.45, 7) is 4.07. The van der Waals surface area contributed by atoms with Crippen LogP contribution in [0, 0.1) is 6.92 Å². The van der Waals surface area contributed by atoms with Crippen molar-refractivity contribution >= 4 is 11.6 Å². The van der Waals surface area contributed by atoms with E-state index in [0.717, 1.165) is 29.0 Å². The first-order chi connectivity index (χ1) is 9.10. The van der Waals surface area contributed by atoms with Gasteiger partial charge in [-0.25, -0.2) is 0 Å². The molecule has 100 valence electrons. The molecule has 2 N–H and O–H groups in total.